The molecule has 11 heavy (non-hydrogen) atoms. The average molecular weight is 150 g/mol. The first-order chi connectivity index (χ1) is 5.84. The summed E-state index contributed by atoms with van der Waals surface area (Å²) in [6.45, 7) is 0.631. The Morgan fingerprint density at radius 3 is 2.91 bits per heavy atom. The monoisotopic (exact) mass is 150 g/mol. The standard InChI is InChI=1S/C9H11NO/c1-2-10-9(11)8-6-4-3-5-7-8/h3-7H,2H2,1H3,(H,10,11)/i1D. The van der Waals surface area contributed by atoms with E-state index in [1.54, 1.807) is 12.1 Å². The summed E-state index contributed by atoms with van der Waals surface area (Å²) >= 11 is 0. The van der Waals surface area contributed by atoms with Gasteiger partial charge < -0.3 is 5.32 Å². The molecule has 1 aromatic carbocycles. The summed E-state index contributed by atoms with van der Waals surface area (Å²) < 4.78 is 6.84. The summed E-state index contributed by atoms with van der Waals surface area (Å²) in [5.41, 5.74) is 0.644. The number of benzene rings is 1. The second-order valence-electron chi connectivity index (χ2n) is 2.12. The number of hydrogen-bond donors (Lipinski definition) is 1. The zero-order valence-corrected chi connectivity index (χ0v) is 6.21. The van der Waals surface area contributed by atoms with Gasteiger partial charge in [0.2, 0.25) is 0 Å². The molecule has 0 fully saturated rings. The summed E-state index contributed by atoms with van der Waals surface area (Å²) in [5, 5.41) is 2.62. The van der Waals surface area contributed by atoms with Crippen LogP contribution >= 0.6 is 0 Å². The Morgan fingerprint density at radius 1 is 1.55 bits per heavy atom. The fraction of sp³-hybridized carbons (Fsp3) is 0.222. The van der Waals surface area contributed by atoms with E-state index >= 15 is 0 Å². The van der Waals surface area contributed by atoms with Crippen LogP contribution in [-0.2, 0) is 0 Å². The quantitative estimate of drug-likeness (QED) is 0.679. The van der Waals surface area contributed by atoms with Crippen LogP contribution in [0.4, 0.5) is 0 Å². The van der Waals surface area contributed by atoms with E-state index in [-0.39, 0.29) is 12.8 Å². The predicted octanol–water partition coefficient (Wildman–Crippen LogP) is 1.44. The molecule has 0 heterocycles. The molecule has 0 spiro atoms. The minimum Gasteiger partial charge on any atom is -0.352 e. The van der Waals surface area contributed by atoms with Crippen LogP contribution in [0.3, 0.4) is 0 Å². The van der Waals surface area contributed by atoms with Crippen LogP contribution in [0.2, 0.25) is 0 Å². The molecule has 0 saturated heterocycles. The molecule has 1 amide bonds. The summed E-state index contributed by atoms with van der Waals surface area (Å²) in [5.74, 6) is -0.108. The number of hydrogen-bond acceptors (Lipinski definition) is 1. The van der Waals surface area contributed by atoms with Crippen molar-refractivity contribution in [2.24, 2.45) is 0 Å². The van der Waals surface area contributed by atoms with E-state index < -0.39 is 0 Å². The van der Waals surface area contributed by atoms with Gasteiger partial charge in [-0.15, -0.1) is 0 Å². The lowest BCUT2D eigenvalue weighted by atomic mass is 10.2. The molecule has 2 nitrogen and oxygen atoms in total. The molecule has 1 aromatic rings. The minimum absolute atomic E-state index is 0.108. The van der Waals surface area contributed by atoms with Gasteiger partial charge in [-0.1, -0.05) is 18.2 Å². The fourth-order valence-electron chi connectivity index (χ4n) is 0.805. The third-order valence-corrected chi connectivity index (χ3v) is 1.32. The van der Waals surface area contributed by atoms with Gasteiger partial charge in [-0.2, -0.15) is 0 Å². The van der Waals surface area contributed by atoms with Crippen LogP contribution in [0.25, 0.3) is 0 Å². The number of carbonyl (C=O) groups is 1. The van der Waals surface area contributed by atoms with Gasteiger partial charge in [-0.05, 0) is 19.0 Å². The third kappa shape index (κ3) is 2.08. The van der Waals surface area contributed by atoms with Gasteiger partial charge in [0.25, 0.3) is 5.91 Å². The van der Waals surface area contributed by atoms with Gasteiger partial charge in [0.15, 0.2) is 0 Å². The first kappa shape index (κ1) is 6.40. The van der Waals surface area contributed by atoms with E-state index in [1.165, 1.54) is 0 Å². The highest BCUT2D eigenvalue weighted by Crippen LogP contribution is 1.96. The molecule has 58 valence electrons. The Bertz CT molecular complexity index is 248. The summed E-state index contributed by atoms with van der Waals surface area (Å²) in [4.78, 5) is 11.2. The number of amides is 1. The van der Waals surface area contributed by atoms with Crippen LogP contribution < -0.4 is 5.32 Å². The highest BCUT2D eigenvalue weighted by atomic mass is 16.1. The molecule has 0 aliphatic rings. The van der Waals surface area contributed by atoms with Crippen molar-refractivity contribution < 1.29 is 6.17 Å². The Kier molecular flexibility index (Phi) is 2.19. The lowest BCUT2D eigenvalue weighted by Crippen LogP contribution is -2.22. The lowest BCUT2D eigenvalue weighted by molar-refractivity contribution is 0.0956. The molecule has 0 aromatic heterocycles. The van der Waals surface area contributed by atoms with E-state index in [0.717, 1.165) is 0 Å². The van der Waals surface area contributed by atoms with Crippen molar-refractivity contribution in [3.05, 3.63) is 35.9 Å². The molecule has 0 radical (unpaired) electrons. The molecule has 0 atom stereocenters. The molecule has 0 unspecified atom stereocenters. The van der Waals surface area contributed by atoms with Crippen molar-refractivity contribution in [1.82, 2.24) is 5.32 Å². The highest BCUT2D eigenvalue weighted by molar-refractivity contribution is 5.93. The van der Waals surface area contributed by atoms with E-state index in [0.29, 0.717) is 12.1 Å². The van der Waals surface area contributed by atoms with E-state index in [9.17, 15) is 4.79 Å². The SMILES string of the molecule is [2H]CCNC(=O)c1ccccc1. The van der Waals surface area contributed by atoms with Crippen LogP contribution in [0.5, 0.6) is 0 Å². The maximum absolute atomic E-state index is 11.2. The zero-order valence-electron chi connectivity index (χ0n) is 7.21. The fourth-order valence-corrected chi connectivity index (χ4v) is 0.805. The zero-order chi connectivity index (χ0) is 8.81. The van der Waals surface area contributed by atoms with E-state index in [2.05, 4.69) is 5.32 Å². The molecular weight excluding hydrogens is 138 g/mol. The van der Waals surface area contributed by atoms with Gasteiger partial charge in [-0.3, -0.25) is 4.79 Å². The van der Waals surface area contributed by atoms with Gasteiger partial charge in [0.05, 0.1) is 0 Å². The number of nitrogens with one attached hydrogen (secondary N) is 1. The Labute approximate surface area is 67.6 Å². The Hall–Kier alpha value is -1.31. The first-order valence-electron chi connectivity index (χ1n) is 4.18. The first-order valence-corrected chi connectivity index (χ1v) is 3.47. The maximum atomic E-state index is 11.2. The summed E-state index contributed by atoms with van der Waals surface area (Å²) in [6, 6.07) is 8.99. The second kappa shape index (κ2) is 3.76. The Balaban J connectivity index is 2.54. The topological polar surface area (TPSA) is 29.1 Å². The number of carbonyl (C=O) groups excluding carboxylic acids is 1. The Morgan fingerprint density at radius 2 is 2.27 bits per heavy atom. The van der Waals surface area contributed by atoms with Crippen molar-refractivity contribution in [3.8, 4) is 0 Å². The molecule has 0 aliphatic carbocycles. The van der Waals surface area contributed by atoms with Gasteiger partial charge in [0, 0.05) is 13.5 Å². The van der Waals surface area contributed by atoms with Crippen LogP contribution in [-0.4, -0.2) is 12.5 Å². The van der Waals surface area contributed by atoms with Crippen molar-refractivity contribution in [2.45, 2.75) is 6.90 Å². The molecule has 1 N–H and O–H groups in total. The van der Waals surface area contributed by atoms with Gasteiger partial charge in [-0.25, -0.2) is 0 Å². The van der Waals surface area contributed by atoms with Crippen molar-refractivity contribution >= 4 is 5.91 Å². The third-order valence-electron chi connectivity index (χ3n) is 1.32. The molecule has 2 heteroatoms. The van der Waals surface area contributed by atoms with E-state index in [4.69, 9.17) is 1.37 Å². The molecule has 0 saturated carbocycles. The summed E-state index contributed by atoms with van der Waals surface area (Å²) in [6.07, 6.45) is 0. The van der Waals surface area contributed by atoms with Crippen molar-refractivity contribution in [3.63, 3.8) is 0 Å². The highest BCUT2D eigenvalue weighted by Gasteiger charge is 1.99. The maximum Gasteiger partial charge on any atom is 0.251 e. The molecule has 0 aliphatic heterocycles. The minimum atomic E-state index is -0.108. The molecule has 0 bridgehead atoms. The van der Waals surface area contributed by atoms with Crippen LogP contribution in [0.1, 0.15) is 18.6 Å². The lowest BCUT2D eigenvalue weighted by Gasteiger charge is -1.99. The van der Waals surface area contributed by atoms with Crippen molar-refractivity contribution in [1.29, 1.82) is 0 Å². The number of rotatable bonds is 2. The van der Waals surface area contributed by atoms with Crippen LogP contribution in [0, 0.1) is 0 Å². The summed E-state index contributed by atoms with van der Waals surface area (Å²) in [7, 11) is 0. The normalized spacial score (nSPS) is 10.4. The molecule has 1 rings (SSSR count). The second-order valence-corrected chi connectivity index (χ2v) is 2.12. The van der Waals surface area contributed by atoms with Crippen molar-refractivity contribution in [2.75, 3.05) is 6.54 Å². The van der Waals surface area contributed by atoms with Crippen LogP contribution in [0.15, 0.2) is 30.3 Å². The van der Waals surface area contributed by atoms with Gasteiger partial charge >= 0.3 is 0 Å². The molecular formula is C9H11NO. The largest absolute Gasteiger partial charge is 0.352 e. The van der Waals surface area contributed by atoms with Gasteiger partial charge in [0.1, 0.15) is 0 Å². The van der Waals surface area contributed by atoms with E-state index in [1.807, 2.05) is 18.2 Å². The smallest absolute Gasteiger partial charge is 0.251 e. The average Bonchev–Trinajstić information content (AvgIpc) is 2.15. The predicted molar refractivity (Wildman–Crippen MR) is 44.4 cm³/mol.